The first-order valence-electron chi connectivity index (χ1n) is 4.44. The Morgan fingerprint density at radius 3 is 2.08 bits per heavy atom. The Labute approximate surface area is 72.4 Å². The fourth-order valence-electron chi connectivity index (χ4n) is 1.63. The number of fused-ring (bicyclic) bond motifs is 2. The number of rotatable bonds is 0. The molecule has 0 heterocycles. The summed E-state index contributed by atoms with van der Waals surface area (Å²) >= 11 is 0. The number of hydrogen-bond acceptors (Lipinski definition) is 1. The minimum Gasteiger partial charge on any atom is -0.300 e. The fourth-order valence-corrected chi connectivity index (χ4v) is 1.63. The topological polar surface area (TPSA) is 17.1 Å². The molecule has 2 bridgehead atoms. The molecule has 1 aliphatic carbocycles. The number of carbonyl (C=O) groups excluding carboxylic acids is 1. The van der Waals surface area contributed by atoms with E-state index in [9.17, 15) is 4.79 Å². The van der Waals surface area contributed by atoms with Gasteiger partial charge in [0.05, 0.1) is 0 Å². The smallest absolute Gasteiger partial charge is 0.133 e. The highest BCUT2D eigenvalue weighted by Gasteiger charge is 2.07. The van der Waals surface area contributed by atoms with Crippen molar-refractivity contribution in [3.8, 4) is 0 Å². The molecule has 1 heteroatoms. The number of carbonyl (C=O) groups is 1. The van der Waals surface area contributed by atoms with Crippen molar-refractivity contribution in [3.63, 3.8) is 0 Å². The summed E-state index contributed by atoms with van der Waals surface area (Å²) in [5.41, 5.74) is 2.61. The lowest BCUT2D eigenvalue weighted by Gasteiger charge is -2.08. The van der Waals surface area contributed by atoms with Crippen LogP contribution in [0.2, 0.25) is 0 Å². The Bertz CT molecular complexity index is 276. The summed E-state index contributed by atoms with van der Waals surface area (Å²) in [6.45, 7) is 0. The van der Waals surface area contributed by atoms with E-state index >= 15 is 0 Å². The van der Waals surface area contributed by atoms with Crippen LogP contribution in [0.15, 0.2) is 24.3 Å². The van der Waals surface area contributed by atoms with Gasteiger partial charge in [0.2, 0.25) is 0 Å². The predicted octanol–water partition coefficient (Wildman–Crippen LogP) is 2.13. The average molecular weight is 160 g/mol. The molecule has 62 valence electrons. The van der Waals surface area contributed by atoms with Crippen molar-refractivity contribution in [1.82, 2.24) is 0 Å². The SMILES string of the molecule is O=C1CCc2cccc(c2)CC1. The summed E-state index contributed by atoms with van der Waals surface area (Å²) in [5, 5.41) is 0. The van der Waals surface area contributed by atoms with Crippen molar-refractivity contribution in [2.75, 3.05) is 0 Å². The Kier molecular flexibility index (Phi) is 1.94. The summed E-state index contributed by atoms with van der Waals surface area (Å²) < 4.78 is 0. The zero-order chi connectivity index (χ0) is 8.39. The van der Waals surface area contributed by atoms with Crippen LogP contribution in [-0.4, -0.2) is 5.78 Å². The van der Waals surface area contributed by atoms with Gasteiger partial charge in [-0.25, -0.2) is 0 Å². The maximum absolute atomic E-state index is 11.2. The first-order chi connectivity index (χ1) is 5.84. The summed E-state index contributed by atoms with van der Waals surface area (Å²) in [5.74, 6) is 0.404. The Morgan fingerprint density at radius 1 is 0.917 bits per heavy atom. The van der Waals surface area contributed by atoms with Gasteiger partial charge in [0.25, 0.3) is 0 Å². The highest BCUT2D eigenvalue weighted by Crippen LogP contribution is 2.14. The molecule has 0 aromatic heterocycles. The van der Waals surface area contributed by atoms with Gasteiger partial charge < -0.3 is 0 Å². The van der Waals surface area contributed by atoms with Crippen LogP contribution in [0.4, 0.5) is 0 Å². The molecule has 0 atom stereocenters. The molecule has 0 fully saturated rings. The third-order valence-electron chi connectivity index (χ3n) is 2.38. The third-order valence-corrected chi connectivity index (χ3v) is 2.38. The van der Waals surface area contributed by atoms with Gasteiger partial charge in [-0.2, -0.15) is 0 Å². The van der Waals surface area contributed by atoms with Crippen molar-refractivity contribution < 1.29 is 4.79 Å². The molecule has 1 nitrogen and oxygen atoms in total. The van der Waals surface area contributed by atoms with Gasteiger partial charge in [0, 0.05) is 12.8 Å². The maximum atomic E-state index is 11.2. The van der Waals surface area contributed by atoms with Gasteiger partial charge in [-0.05, 0) is 24.0 Å². The van der Waals surface area contributed by atoms with Gasteiger partial charge in [0.1, 0.15) is 5.78 Å². The fraction of sp³-hybridized carbons (Fsp3) is 0.364. The van der Waals surface area contributed by atoms with Crippen LogP contribution >= 0.6 is 0 Å². The highest BCUT2D eigenvalue weighted by atomic mass is 16.1. The van der Waals surface area contributed by atoms with E-state index in [1.165, 1.54) is 11.1 Å². The molecule has 1 aliphatic rings. The van der Waals surface area contributed by atoms with Crippen molar-refractivity contribution >= 4 is 5.78 Å². The van der Waals surface area contributed by atoms with Crippen LogP contribution < -0.4 is 0 Å². The van der Waals surface area contributed by atoms with Gasteiger partial charge in [-0.1, -0.05) is 24.3 Å². The molecule has 1 aromatic carbocycles. The molecule has 0 aliphatic heterocycles. The summed E-state index contributed by atoms with van der Waals surface area (Å²) in [7, 11) is 0. The quantitative estimate of drug-likeness (QED) is 0.568. The maximum Gasteiger partial charge on any atom is 0.133 e. The molecule has 0 amide bonds. The number of benzene rings is 1. The number of hydrogen-bond donors (Lipinski definition) is 0. The molecule has 0 spiro atoms. The second-order valence-electron chi connectivity index (χ2n) is 3.36. The minimum atomic E-state index is 0.404. The second-order valence-corrected chi connectivity index (χ2v) is 3.36. The average Bonchev–Trinajstić information content (AvgIpc) is 2.11. The molecule has 2 rings (SSSR count). The lowest BCUT2D eigenvalue weighted by atomic mass is 9.96. The molecule has 0 N–H and O–H groups in total. The minimum absolute atomic E-state index is 0.404. The first kappa shape index (κ1) is 7.53. The van der Waals surface area contributed by atoms with Crippen molar-refractivity contribution in [1.29, 1.82) is 0 Å². The van der Waals surface area contributed by atoms with Crippen LogP contribution in [0, 0.1) is 0 Å². The Morgan fingerprint density at radius 2 is 1.50 bits per heavy atom. The van der Waals surface area contributed by atoms with Gasteiger partial charge in [-0.15, -0.1) is 0 Å². The van der Waals surface area contributed by atoms with E-state index in [0.717, 1.165) is 25.7 Å². The monoisotopic (exact) mass is 160 g/mol. The van der Waals surface area contributed by atoms with E-state index < -0.39 is 0 Å². The molecule has 0 saturated carbocycles. The van der Waals surface area contributed by atoms with E-state index in [1.807, 2.05) is 0 Å². The third kappa shape index (κ3) is 1.55. The summed E-state index contributed by atoms with van der Waals surface area (Å²) in [6.07, 6.45) is 3.30. The van der Waals surface area contributed by atoms with E-state index in [0.29, 0.717) is 5.78 Å². The van der Waals surface area contributed by atoms with E-state index in [4.69, 9.17) is 0 Å². The Hall–Kier alpha value is -1.11. The molecule has 0 radical (unpaired) electrons. The summed E-state index contributed by atoms with van der Waals surface area (Å²) in [4.78, 5) is 11.2. The molecule has 0 saturated heterocycles. The first-order valence-corrected chi connectivity index (χ1v) is 4.44. The molecular weight excluding hydrogens is 148 g/mol. The zero-order valence-electron chi connectivity index (χ0n) is 7.05. The number of Topliss-reactive ketones (excluding diaryl/α,β-unsaturated/α-hetero) is 1. The number of aryl methyl sites for hydroxylation is 2. The largest absolute Gasteiger partial charge is 0.300 e. The van der Waals surface area contributed by atoms with Gasteiger partial charge in [0.15, 0.2) is 0 Å². The van der Waals surface area contributed by atoms with Crippen LogP contribution in [0.3, 0.4) is 0 Å². The van der Waals surface area contributed by atoms with Crippen molar-refractivity contribution in [2.24, 2.45) is 0 Å². The van der Waals surface area contributed by atoms with E-state index in [-0.39, 0.29) is 0 Å². The van der Waals surface area contributed by atoms with Crippen LogP contribution in [0.5, 0.6) is 0 Å². The van der Waals surface area contributed by atoms with Crippen LogP contribution in [-0.2, 0) is 17.6 Å². The zero-order valence-corrected chi connectivity index (χ0v) is 7.05. The van der Waals surface area contributed by atoms with E-state index in [2.05, 4.69) is 24.3 Å². The van der Waals surface area contributed by atoms with Crippen LogP contribution in [0.25, 0.3) is 0 Å². The van der Waals surface area contributed by atoms with Crippen molar-refractivity contribution in [3.05, 3.63) is 35.4 Å². The lowest BCUT2D eigenvalue weighted by molar-refractivity contribution is -0.119. The number of ketones is 1. The Balaban J connectivity index is 2.30. The molecular formula is C11H12O. The van der Waals surface area contributed by atoms with Crippen LogP contribution in [0.1, 0.15) is 24.0 Å². The standard InChI is InChI=1S/C11H12O/c12-11-6-4-9-2-1-3-10(8-9)5-7-11/h1-3,8H,4-7H2. The van der Waals surface area contributed by atoms with E-state index in [1.54, 1.807) is 0 Å². The predicted molar refractivity (Wildman–Crippen MR) is 48.1 cm³/mol. The normalized spacial score (nSPS) is 16.8. The lowest BCUT2D eigenvalue weighted by Crippen LogP contribution is -2.05. The molecule has 0 unspecified atom stereocenters. The van der Waals surface area contributed by atoms with Crippen molar-refractivity contribution in [2.45, 2.75) is 25.7 Å². The highest BCUT2D eigenvalue weighted by molar-refractivity contribution is 5.79. The summed E-state index contributed by atoms with van der Waals surface area (Å²) in [6, 6.07) is 8.50. The van der Waals surface area contributed by atoms with Gasteiger partial charge in [-0.3, -0.25) is 4.79 Å². The van der Waals surface area contributed by atoms with Gasteiger partial charge >= 0.3 is 0 Å². The molecule has 12 heavy (non-hydrogen) atoms. The second kappa shape index (κ2) is 3.10. The molecule has 1 aromatic rings.